The first-order valence-electron chi connectivity index (χ1n) is 8.14. The van der Waals surface area contributed by atoms with Crippen molar-refractivity contribution in [1.82, 2.24) is 4.57 Å². The van der Waals surface area contributed by atoms with Gasteiger partial charge in [-0.1, -0.05) is 42.5 Å². The number of ketones is 1. The molecule has 0 radical (unpaired) electrons. The average Bonchev–Trinajstić information content (AvgIpc) is 3.11. The fourth-order valence-electron chi connectivity index (χ4n) is 2.86. The zero-order valence-electron chi connectivity index (χ0n) is 14.1. The van der Waals surface area contributed by atoms with E-state index in [0.29, 0.717) is 17.9 Å². The maximum Gasteiger partial charge on any atom is 0.249 e. The van der Waals surface area contributed by atoms with Crippen molar-refractivity contribution in [3.05, 3.63) is 79.1 Å². The van der Waals surface area contributed by atoms with Gasteiger partial charge in [0.15, 0.2) is 5.92 Å². The normalized spacial score (nSPS) is 11.5. The van der Waals surface area contributed by atoms with Gasteiger partial charge in [0, 0.05) is 23.8 Å². The Morgan fingerprint density at radius 1 is 1.15 bits per heavy atom. The van der Waals surface area contributed by atoms with Crippen LogP contribution in [-0.4, -0.2) is 16.3 Å². The van der Waals surface area contributed by atoms with E-state index >= 15 is 0 Å². The highest BCUT2D eigenvalue weighted by molar-refractivity contribution is 6.16. The molecule has 5 nitrogen and oxygen atoms in total. The van der Waals surface area contributed by atoms with E-state index in [-0.39, 0.29) is 0 Å². The van der Waals surface area contributed by atoms with Gasteiger partial charge in [-0.05, 0) is 23.6 Å². The van der Waals surface area contributed by atoms with Crippen molar-refractivity contribution in [2.45, 2.75) is 6.54 Å². The molecule has 1 heterocycles. The molecule has 3 rings (SSSR count). The summed E-state index contributed by atoms with van der Waals surface area (Å²) in [7, 11) is 0. The smallest absolute Gasteiger partial charge is 0.249 e. The van der Waals surface area contributed by atoms with E-state index in [1.165, 1.54) is 0 Å². The van der Waals surface area contributed by atoms with Crippen LogP contribution in [0.3, 0.4) is 0 Å². The van der Waals surface area contributed by atoms with Gasteiger partial charge < -0.3 is 9.88 Å². The minimum atomic E-state index is -1.42. The summed E-state index contributed by atoms with van der Waals surface area (Å²) in [5.41, 5.74) is 0.882. The number of hydrogen-bond donors (Lipinski definition) is 1. The number of nitrogens with zero attached hydrogens (tertiary/aromatic N) is 2. The third-order valence-corrected chi connectivity index (χ3v) is 4.11. The number of amides is 1. The molecule has 1 unspecified atom stereocenters. The molecule has 2 aromatic carbocycles. The van der Waals surface area contributed by atoms with Gasteiger partial charge in [-0.3, -0.25) is 9.59 Å². The van der Waals surface area contributed by atoms with Gasteiger partial charge in [-0.2, -0.15) is 5.26 Å². The summed E-state index contributed by atoms with van der Waals surface area (Å²) in [5.74, 6) is -2.59. The van der Waals surface area contributed by atoms with Gasteiger partial charge in [-0.25, -0.2) is 0 Å². The lowest BCUT2D eigenvalue weighted by Gasteiger charge is -2.13. The molecule has 0 bridgehead atoms. The largest absolute Gasteiger partial charge is 0.341 e. The van der Waals surface area contributed by atoms with Crippen molar-refractivity contribution in [2.24, 2.45) is 5.92 Å². The SMILES string of the molecule is C=CCn1cccc1C(=O)C(C#N)C(=O)Nc1cccc2ccccc12. The van der Waals surface area contributed by atoms with Crippen molar-refractivity contribution in [3.63, 3.8) is 0 Å². The predicted octanol–water partition coefficient (Wildman–Crippen LogP) is 3.79. The van der Waals surface area contributed by atoms with E-state index in [9.17, 15) is 14.9 Å². The molecular formula is C21H17N3O2. The number of fused-ring (bicyclic) bond motifs is 1. The van der Waals surface area contributed by atoms with E-state index in [1.807, 2.05) is 42.5 Å². The Hall–Kier alpha value is -3.65. The van der Waals surface area contributed by atoms with E-state index in [4.69, 9.17) is 0 Å². The molecule has 0 aliphatic carbocycles. The molecule has 5 heteroatoms. The number of carbonyl (C=O) groups is 2. The molecule has 3 aromatic rings. The van der Waals surface area contributed by atoms with Crippen LogP contribution in [0.4, 0.5) is 5.69 Å². The van der Waals surface area contributed by atoms with Crippen LogP contribution in [0.2, 0.25) is 0 Å². The molecule has 128 valence electrons. The van der Waals surface area contributed by atoms with Crippen LogP contribution >= 0.6 is 0 Å². The first-order chi connectivity index (χ1) is 12.7. The van der Waals surface area contributed by atoms with Crippen molar-refractivity contribution in [3.8, 4) is 6.07 Å². The summed E-state index contributed by atoms with van der Waals surface area (Å²) in [4.78, 5) is 25.3. The van der Waals surface area contributed by atoms with Crippen LogP contribution in [0.15, 0.2) is 73.4 Å². The number of anilines is 1. The van der Waals surface area contributed by atoms with Crippen LogP contribution in [0.5, 0.6) is 0 Å². The summed E-state index contributed by atoms with van der Waals surface area (Å²) < 4.78 is 1.66. The fraction of sp³-hybridized carbons (Fsp3) is 0.0952. The third kappa shape index (κ3) is 3.26. The van der Waals surface area contributed by atoms with Gasteiger partial charge in [0.05, 0.1) is 11.8 Å². The maximum atomic E-state index is 12.7. The monoisotopic (exact) mass is 343 g/mol. The van der Waals surface area contributed by atoms with Crippen molar-refractivity contribution in [2.75, 3.05) is 5.32 Å². The van der Waals surface area contributed by atoms with Gasteiger partial charge in [-0.15, -0.1) is 6.58 Å². The highest BCUT2D eigenvalue weighted by Gasteiger charge is 2.29. The molecule has 0 saturated carbocycles. The zero-order valence-corrected chi connectivity index (χ0v) is 14.1. The Balaban J connectivity index is 1.87. The molecule has 26 heavy (non-hydrogen) atoms. The zero-order chi connectivity index (χ0) is 18.5. The number of benzene rings is 2. The summed E-state index contributed by atoms with van der Waals surface area (Å²) in [6.07, 6.45) is 3.36. The van der Waals surface area contributed by atoms with Crippen LogP contribution in [-0.2, 0) is 11.3 Å². The van der Waals surface area contributed by atoms with E-state index in [2.05, 4.69) is 11.9 Å². The Kier molecular flexibility index (Phi) is 4.95. The van der Waals surface area contributed by atoms with Crippen LogP contribution in [0, 0.1) is 17.2 Å². The fourth-order valence-corrected chi connectivity index (χ4v) is 2.86. The van der Waals surface area contributed by atoms with Gasteiger partial charge in [0.2, 0.25) is 11.7 Å². The second-order valence-electron chi connectivity index (χ2n) is 5.78. The van der Waals surface area contributed by atoms with Crippen molar-refractivity contribution < 1.29 is 9.59 Å². The third-order valence-electron chi connectivity index (χ3n) is 4.11. The Morgan fingerprint density at radius 3 is 2.69 bits per heavy atom. The number of Topliss-reactive ketones (excluding diaryl/α,β-unsaturated/α-hetero) is 1. The second kappa shape index (κ2) is 7.49. The van der Waals surface area contributed by atoms with Crippen molar-refractivity contribution in [1.29, 1.82) is 5.26 Å². The summed E-state index contributed by atoms with van der Waals surface area (Å²) in [6.45, 7) is 4.07. The van der Waals surface area contributed by atoms with Crippen molar-refractivity contribution >= 4 is 28.2 Å². The molecule has 1 aromatic heterocycles. The molecule has 0 fully saturated rings. The number of nitrogens with one attached hydrogen (secondary N) is 1. The number of nitriles is 1. The lowest BCUT2D eigenvalue weighted by atomic mass is 10.0. The lowest BCUT2D eigenvalue weighted by molar-refractivity contribution is -0.117. The Morgan fingerprint density at radius 2 is 1.92 bits per heavy atom. The molecule has 0 aliphatic heterocycles. The minimum Gasteiger partial charge on any atom is -0.341 e. The molecule has 0 spiro atoms. The standard InChI is InChI=1S/C21H17N3O2/c1-2-12-24-13-6-11-19(24)20(25)17(14-22)21(26)23-18-10-5-8-15-7-3-4-9-16(15)18/h2-11,13,17H,1,12H2,(H,23,26). The molecule has 0 saturated heterocycles. The van der Waals surface area contributed by atoms with Crippen LogP contribution in [0.25, 0.3) is 10.8 Å². The van der Waals surface area contributed by atoms with Gasteiger partial charge >= 0.3 is 0 Å². The first-order valence-corrected chi connectivity index (χ1v) is 8.14. The molecular weight excluding hydrogens is 326 g/mol. The first kappa shape index (κ1) is 17.2. The highest BCUT2D eigenvalue weighted by Crippen LogP contribution is 2.24. The van der Waals surface area contributed by atoms with E-state index < -0.39 is 17.6 Å². The maximum absolute atomic E-state index is 12.7. The Bertz CT molecular complexity index is 1020. The summed E-state index contributed by atoms with van der Waals surface area (Å²) in [5, 5.41) is 13.9. The minimum absolute atomic E-state index is 0.310. The predicted molar refractivity (Wildman–Crippen MR) is 101 cm³/mol. The number of carbonyl (C=O) groups excluding carboxylic acids is 2. The number of allylic oxidation sites excluding steroid dienone is 1. The molecule has 0 aliphatic rings. The number of aromatic nitrogens is 1. The van der Waals surface area contributed by atoms with Gasteiger partial charge in [0.1, 0.15) is 0 Å². The van der Waals surface area contributed by atoms with E-state index in [0.717, 1.165) is 10.8 Å². The van der Waals surface area contributed by atoms with E-state index in [1.54, 1.807) is 35.0 Å². The quantitative estimate of drug-likeness (QED) is 0.420. The lowest BCUT2D eigenvalue weighted by Crippen LogP contribution is -2.30. The topological polar surface area (TPSA) is 74.9 Å². The molecule has 1 amide bonds. The molecule has 1 N–H and O–H groups in total. The van der Waals surface area contributed by atoms with Gasteiger partial charge in [0.25, 0.3) is 0 Å². The second-order valence-corrected chi connectivity index (χ2v) is 5.78. The Labute approximate surface area is 151 Å². The molecule has 1 atom stereocenters. The van der Waals surface area contributed by atoms with Crippen LogP contribution in [0.1, 0.15) is 10.5 Å². The number of hydrogen-bond acceptors (Lipinski definition) is 3. The summed E-state index contributed by atoms with van der Waals surface area (Å²) >= 11 is 0. The average molecular weight is 343 g/mol. The number of rotatable bonds is 6. The summed E-state index contributed by atoms with van der Waals surface area (Å²) in [6, 6.07) is 18.2. The van der Waals surface area contributed by atoms with Crippen LogP contribution < -0.4 is 5.32 Å². The highest BCUT2D eigenvalue weighted by atomic mass is 16.2.